The number of benzene rings is 3. The van der Waals surface area contributed by atoms with Crippen LogP contribution in [-0.2, 0) is 42.9 Å². The third-order valence-electron chi connectivity index (χ3n) is 13.4. The minimum atomic E-state index is -3.40. The molecule has 0 spiro atoms. The molecule has 3 aliphatic carbocycles. The quantitative estimate of drug-likeness (QED) is 0.129. The molecule has 2 bridgehead atoms. The lowest BCUT2D eigenvalue weighted by Gasteiger charge is -2.67. The lowest BCUT2D eigenvalue weighted by Crippen LogP contribution is -2.82. The molecule has 7 rings (SSSR count). The van der Waals surface area contributed by atoms with E-state index in [1.54, 1.807) is 18.2 Å². The molecule has 3 aromatic carbocycles. The van der Waals surface area contributed by atoms with Crippen molar-refractivity contribution in [2.45, 2.75) is 108 Å². The lowest BCUT2D eigenvalue weighted by molar-refractivity contribution is -0.346. The lowest BCUT2D eigenvalue weighted by atomic mass is 9.44. The maximum Gasteiger partial charge on any atom is 0.338 e. The zero-order valence-corrected chi connectivity index (χ0v) is 35.0. The van der Waals surface area contributed by atoms with Crippen LogP contribution in [0.1, 0.15) is 92.1 Å². The molecule has 3 fully saturated rings. The Morgan fingerprint density at radius 3 is 2.21 bits per heavy atom. The molecule has 0 radical (unpaired) electrons. The van der Waals surface area contributed by atoms with Crippen molar-refractivity contribution in [3.05, 3.63) is 119 Å². The molecule has 1 amide bonds. The summed E-state index contributed by atoms with van der Waals surface area (Å²) in [5, 5.41) is 40.3. The normalized spacial score (nSPS) is 32.7. The number of carbonyl (C=O) groups is 6. The smallest absolute Gasteiger partial charge is 0.338 e. The molecular formula is C47H50FNO14. The summed E-state index contributed by atoms with van der Waals surface area (Å²) in [6, 6.07) is 16.0. The fourth-order valence-electron chi connectivity index (χ4n) is 10.0. The minimum Gasteiger partial charge on any atom is -0.456 e. The van der Waals surface area contributed by atoms with E-state index in [1.165, 1.54) is 64.1 Å². The van der Waals surface area contributed by atoms with Crippen molar-refractivity contribution in [3.8, 4) is 0 Å². The van der Waals surface area contributed by atoms with Gasteiger partial charge in [-0.25, -0.2) is 14.0 Å². The number of halogens is 1. The zero-order chi connectivity index (χ0) is 49.2. The third-order valence-corrected chi connectivity index (χ3v) is 13.4. The molecule has 4 aliphatic rings. The molecule has 11 atom stereocenters. The molecule has 0 aromatic heterocycles. The third kappa shape index (κ3) is 7.62. The van der Waals surface area contributed by atoms with Crippen molar-refractivity contribution in [3.63, 3.8) is 0 Å². The Hall–Kier alpha value is -5.81. The maximum absolute atomic E-state index is 15.6. The average molecular weight is 876 g/mol. The largest absolute Gasteiger partial charge is 0.456 e. The molecule has 4 N–H and O–H groups in total. The summed E-state index contributed by atoms with van der Waals surface area (Å²) in [5.41, 5.74) is -9.16. The number of aliphatic hydroxyl groups excluding tert-OH is 2. The molecule has 15 nitrogen and oxygen atoms in total. The summed E-state index contributed by atoms with van der Waals surface area (Å²) in [7, 11) is 0. The van der Waals surface area contributed by atoms with Gasteiger partial charge in [-0.15, -0.1) is 0 Å². The summed E-state index contributed by atoms with van der Waals surface area (Å²) in [5.74, 6) is -9.77. The van der Waals surface area contributed by atoms with Crippen LogP contribution in [0.3, 0.4) is 0 Å². The molecule has 1 aliphatic heterocycles. The van der Waals surface area contributed by atoms with Gasteiger partial charge in [-0.2, -0.15) is 0 Å². The van der Waals surface area contributed by atoms with Gasteiger partial charge in [-0.3, -0.25) is 19.2 Å². The van der Waals surface area contributed by atoms with E-state index in [4.69, 9.17) is 29.2 Å². The molecule has 1 heterocycles. The van der Waals surface area contributed by atoms with Crippen molar-refractivity contribution in [2.75, 3.05) is 6.61 Å². The fourth-order valence-corrected chi connectivity index (χ4v) is 10.0. The number of hydrogen-bond donors (Lipinski definition) is 4. The first kappa shape index (κ1) is 40.0. The first-order valence-electron chi connectivity index (χ1n) is 22.2. The number of amides is 1. The van der Waals surface area contributed by atoms with Gasteiger partial charge >= 0.3 is 23.9 Å². The number of ketones is 1. The number of carbonyl (C=O) groups excluding carboxylic acids is 6. The zero-order valence-electron chi connectivity index (χ0n) is 39.0. The first-order chi connectivity index (χ1) is 31.3. The summed E-state index contributed by atoms with van der Waals surface area (Å²) in [6.45, 7) is 2.44. The molecule has 334 valence electrons. The molecule has 63 heavy (non-hydrogen) atoms. The molecule has 2 saturated carbocycles. The van der Waals surface area contributed by atoms with Gasteiger partial charge in [0, 0.05) is 41.7 Å². The van der Waals surface area contributed by atoms with Crippen molar-refractivity contribution in [1.82, 2.24) is 5.32 Å². The second-order valence-electron chi connectivity index (χ2n) is 17.2. The Bertz CT molecular complexity index is 2500. The highest BCUT2D eigenvalue weighted by molar-refractivity contribution is 5.96. The van der Waals surface area contributed by atoms with Gasteiger partial charge in [0.25, 0.3) is 5.91 Å². The summed E-state index contributed by atoms with van der Waals surface area (Å²) < 4.78 is 75.4. The van der Waals surface area contributed by atoms with E-state index < -0.39 is 138 Å². The van der Waals surface area contributed by atoms with Crippen molar-refractivity contribution >= 4 is 35.6 Å². The van der Waals surface area contributed by atoms with Gasteiger partial charge in [0.2, 0.25) is 0 Å². The number of esters is 4. The molecule has 1 saturated heterocycles. The topological polar surface area (TPSA) is 221 Å². The second-order valence-corrected chi connectivity index (χ2v) is 17.2. The number of Topliss-reactive ketones (excluding diaryl/α,β-unsaturated/α-hetero) is 1. The molecule has 0 unspecified atom stereocenters. The van der Waals surface area contributed by atoms with Crippen LogP contribution in [0.4, 0.5) is 4.39 Å². The number of hydrogen-bond acceptors (Lipinski definition) is 14. The number of nitrogens with one attached hydrogen (secondary N) is 1. The number of aliphatic hydroxyl groups is 3. The summed E-state index contributed by atoms with van der Waals surface area (Å²) in [4.78, 5) is 84.2. The van der Waals surface area contributed by atoms with Crippen LogP contribution in [-0.4, -0.2) is 105 Å². The van der Waals surface area contributed by atoms with E-state index in [1.807, 2.05) is 0 Å². The Morgan fingerprint density at radius 1 is 0.937 bits per heavy atom. The van der Waals surface area contributed by atoms with Crippen molar-refractivity contribution in [1.29, 1.82) is 0 Å². The van der Waals surface area contributed by atoms with E-state index >= 15 is 4.79 Å². The van der Waals surface area contributed by atoms with Gasteiger partial charge in [-0.1, -0.05) is 62.4 Å². The van der Waals surface area contributed by atoms with Crippen LogP contribution in [0.2, 0.25) is 0 Å². The molecule has 16 heteroatoms. The standard InChI is InChI=1S/C47H50FNO14/c1-24-31(61-43(57)36(53)35(27-13-9-7-10-14-27)49-41(55)28-15-11-8-12-16-28)22-47(58)40(62-42(56)29-17-19-30(48)20-18-29)38-45(6,32(52)21-33-46(38,23-59-33)63-26(3)51)39(54)37(60-25(2)50)34(24)44(47,4)5/h7-20,31-33,35-38,40,52-53,58H,21-23H2,1-6H3,(H,49,55)/t31-,32-,33+,35-,36+,37+,38-,40-,45+,46-,47+/m0/s1/i3D3,7D. The highest BCUT2D eigenvalue weighted by Gasteiger charge is 2.78. The Balaban J connectivity index is 1.41. The second kappa shape index (κ2) is 16.7. The van der Waals surface area contributed by atoms with E-state index in [0.29, 0.717) is 0 Å². The van der Waals surface area contributed by atoms with Crippen LogP contribution in [0.5, 0.6) is 0 Å². The van der Waals surface area contributed by atoms with E-state index in [0.717, 1.165) is 31.2 Å². The van der Waals surface area contributed by atoms with Crippen LogP contribution in [0, 0.1) is 22.6 Å². The van der Waals surface area contributed by atoms with E-state index in [9.17, 15) is 43.7 Å². The first-order valence-corrected chi connectivity index (χ1v) is 20.2. The van der Waals surface area contributed by atoms with Crippen LogP contribution < -0.4 is 5.32 Å². The maximum atomic E-state index is 15.6. The summed E-state index contributed by atoms with van der Waals surface area (Å²) >= 11 is 0. The van der Waals surface area contributed by atoms with Gasteiger partial charge in [0.15, 0.2) is 23.6 Å². The number of rotatable bonds is 10. The van der Waals surface area contributed by atoms with Crippen LogP contribution in [0.15, 0.2) is 96.1 Å². The molecule has 3 aromatic rings. The Kier molecular flexibility index (Phi) is 10.6. The fraction of sp³-hybridized carbons (Fsp3) is 0.447. The number of ether oxygens (including phenoxy) is 5. The van der Waals surface area contributed by atoms with E-state index in [-0.39, 0.29) is 33.9 Å². The SMILES string of the molecule is [2H]c1ccc([C@H](NC(=O)c2ccccc2)[C@@H](O)C(=O)O[C@H]2C[C@@]3(O)[C@@H](OC(=O)c4ccc(F)cc4)[C@@H]4[C@]5(OC(=O)C([2H])([2H])[2H])CO[C@@H]5C[C@H](O)[C@@]4(C)C(=O)[C@H](OC(C)=O)C(=C2C)C3(C)C)cc1. The van der Waals surface area contributed by atoms with Gasteiger partial charge < -0.3 is 44.3 Å². The van der Waals surface area contributed by atoms with Crippen LogP contribution >= 0.6 is 0 Å². The minimum absolute atomic E-state index is 0.0302. The van der Waals surface area contributed by atoms with Crippen LogP contribution in [0.25, 0.3) is 0 Å². The van der Waals surface area contributed by atoms with E-state index in [2.05, 4.69) is 5.32 Å². The predicted molar refractivity (Wildman–Crippen MR) is 218 cm³/mol. The van der Waals surface area contributed by atoms with Gasteiger partial charge in [0.05, 0.1) is 37.0 Å². The van der Waals surface area contributed by atoms with Crippen molar-refractivity contribution < 1.29 is 77.6 Å². The Morgan fingerprint density at radius 2 is 1.60 bits per heavy atom. The number of fused-ring (bicyclic) bond motifs is 5. The Labute approximate surface area is 368 Å². The molecular weight excluding hydrogens is 822 g/mol. The van der Waals surface area contributed by atoms with Crippen molar-refractivity contribution in [2.24, 2.45) is 16.7 Å². The highest BCUT2D eigenvalue weighted by atomic mass is 19.1. The summed E-state index contributed by atoms with van der Waals surface area (Å²) in [6.07, 6.45) is -12.4. The monoisotopic (exact) mass is 875 g/mol. The highest BCUT2D eigenvalue weighted by Crippen LogP contribution is 2.64. The average Bonchev–Trinajstić information content (AvgIpc) is 3.26. The van der Waals surface area contributed by atoms with Gasteiger partial charge in [-0.05, 0) is 67.0 Å². The van der Waals surface area contributed by atoms with Gasteiger partial charge in [0.1, 0.15) is 29.7 Å². The predicted octanol–water partition coefficient (Wildman–Crippen LogP) is 3.87.